The number of nitrogens with one attached hydrogen (secondary N) is 1. The maximum Gasteiger partial charge on any atom is 0.269 e. The summed E-state index contributed by atoms with van der Waals surface area (Å²) in [6.07, 6.45) is 0.350. The zero-order chi connectivity index (χ0) is 14.2. The van der Waals surface area contributed by atoms with E-state index in [1.807, 2.05) is 13.8 Å². The van der Waals surface area contributed by atoms with E-state index in [9.17, 15) is 13.2 Å². The molecule has 1 aromatic rings. The highest BCUT2D eigenvalue weighted by molar-refractivity contribution is 7.85. The second kappa shape index (κ2) is 7.84. The number of hydrogen-bond donors (Lipinski definition) is 2. The van der Waals surface area contributed by atoms with Crippen LogP contribution in [0.25, 0.3) is 0 Å². The molecule has 0 aliphatic heterocycles. The van der Waals surface area contributed by atoms with Crippen LogP contribution in [0.4, 0.5) is 5.69 Å². The number of anilines is 1. The van der Waals surface area contributed by atoms with Gasteiger partial charge in [0.1, 0.15) is 5.75 Å². The SMILES string of the molecule is CC.CCC(=O)Nc1cccc(CS(=O)(=O)O)c1. The second-order valence-electron chi connectivity index (χ2n) is 3.33. The number of carbonyl (C=O) groups is 1. The molecule has 0 atom stereocenters. The van der Waals surface area contributed by atoms with Gasteiger partial charge >= 0.3 is 0 Å². The zero-order valence-electron chi connectivity index (χ0n) is 10.8. The molecule has 0 unspecified atom stereocenters. The highest BCUT2D eigenvalue weighted by Gasteiger charge is 2.07. The van der Waals surface area contributed by atoms with Gasteiger partial charge in [0.25, 0.3) is 10.1 Å². The molecule has 1 aromatic carbocycles. The summed E-state index contributed by atoms with van der Waals surface area (Å²) in [5.74, 6) is -0.605. The molecule has 102 valence electrons. The van der Waals surface area contributed by atoms with Crippen LogP contribution >= 0.6 is 0 Å². The van der Waals surface area contributed by atoms with Gasteiger partial charge in [0.15, 0.2) is 0 Å². The minimum absolute atomic E-state index is 0.149. The fraction of sp³-hybridized carbons (Fsp3) is 0.417. The van der Waals surface area contributed by atoms with Gasteiger partial charge in [0.05, 0.1) is 0 Å². The van der Waals surface area contributed by atoms with Gasteiger partial charge in [0.2, 0.25) is 5.91 Å². The molecule has 1 rings (SSSR count). The van der Waals surface area contributed by atoms with E-state index in [0.717, 1.165) is 0 Å². The standard InChI is InChI=1S/C10H13NO4S.C2H6/c1-2-10(12)11-9-5-3-4-8(6-9)7-16(13,14)15;1-2/h3-6H,2,7H2,1H3,(H,11,12)(H,13,14,15);1-2H3. The van der Waals surface area contributed by atoms with Crippen molar-refractivity contribution >= 4 is 21.7 Å². The average molecular weight is 273 g/mol. The molecule has 0 bridgehead atoms. The van der Waals surface area contributed by atoms with Crippen LogP contribution in [0.3, 0.4) is 0 Å². The summed E-state index contributed by atoms with van der Waals surface area (Å²) in [6.45, 7) is 5.72. The smallest absolute Gasteiger partial charge is 0.269 e. The number of amides is 1. The van der Waals surface area contributed by atoms with Crippen molar-refractivity contribution in [3.63, 3.8) is 0 Å². The van der Waals surface area contributed by atoms with Crippen LogP contribution in [0.5, 0.6) is 0 Å². The highest BCUT2D eigenvalue weighted by Crippen LogP contribution is 2.13. The molecule has 0 fully saturated rings. The van der Waals surface area contributed by atoms with Gasteiger partial charge in [-0.3, -0.25) is 9.35 Å². The number of benzene rings is 1. The maximum absolute atomic E-state index is 11.1. The van der Waals surface area contributed by atoms with Crippen molar-refractivity contribution in [1.82, 2.24) is 0 Å². The van der Waals surface area contributed by atoms with Gasteiger partial charge in [-0.15, -0.1) is 0 Å². The quantitative estimate of drug-likeness (QED) is 0.825. The third kappa shape index (κ3) is 7.03. The zero-order valence-corrected chi connectivity index (χ0v) is 11.6. The lowest BCUT2D eigenvalue weighted by Crippen LogP contribution is -2.10. The molecular formula is C12H19NO4S. The van der Waals surface area contributed by atoms with E-state index in [2.05, 4.69) is 5.32 Å². The molecule has 0 aromatic heterocycles. The van der Waals surface area contributed by atoms with Crippen LogP contribution < -0.4 is 5.32 Å². The normalized spacial score (nSPS) is 10.2. The van der Waals surface area contributed by atoms with E-state index >= 15 is 0 Å². The first-order chi connectivity index (χ1) is 8.40. The van der Waals surface area contributed by atoms with Gasteiger partial charge in [-0.2, -0.15) is 8.42 Å². The molecule has 0 saturated carbocycles. The summed E-state index contributed by atoms with van der Waals surface area (Å²) in [7, 11) is -4.04. The molecule has 2 N–H and O–H groups in total. The van der Waals surface area contributed by atoms with E-state index in [-0.39, 0.29) is 5.91 Å². The lowest BCUT2D eigenvalue weighted by Gasteiger charge is -2.05. The molecule has 6 heteroatoms. The summed E-state index contributed by atoms with van der Waals surface area (Å²) >= 11 is 0. The van der Waals surface area contributed by atoms with Crippen LogP contribution in [0.15, 0.2) is 24.3 Å². The monoisotopic (exact) mass is 273 g/mol. The van der Waals surface area contributed by atoms with Crippen molar-refractivity contribution in [1.29, 1.82) is 0 Å². The topological polar surface area (TPSA) is 83.5 Å². The average Bonchev–Trinajstić information content (AvgIpc) is 2.29. The second-order valence-corrected chi connectivity index (χ2v) is 4.78. The summed E-state index contributed by atoms with van der Waals surface area (Å²) < 4.78 is 30.0. The van der Waals surface area contributed by atoms with Gasteiger partial charge in [0, 0.05) is 12.1 Å². The third-order valence-corrected chi connectivity index (χ3v) is 2.58. The third-order valence-electron chi connectivity index (χ3n) is 1.88. The van der Waals surface area contributed by atoms with Crippen molar-refractivity contribution in [2.75, 3.05) is 5.32 Å². The first-order valence-corrected chi connectivity index (χ1v) is 7.35. The molecular weight excluding hydrogens is 254 g/mol. The Morgan fingerprint density at radius 2 is 1.94 bits per heavy atom. The van der Waals surface area contributed by atoms with E-state index in [1.54, 1.807) is 25.1 Å². The van der Waals surface area contributed by atoms with Crippen molar-refractivity contribution in [2.24, 2.45) is 0 Å². The molecule has 0 radical (unpaired) electrons. The van der Waals surface area contributed by atoms with Crippen LogP contribution in [0, 0.1) is 0 Å². The first-order valence-electron chi connectivity index (χ1n) is 5.74. The molecule has 0 aliphatic rings. The van der Waals surface area contributed by atoms with Crippen molar-refractivity contribution in [2.45, 2.75) is 32.9 Å². The Labute approximate surface area is 108 Å². The molecule has 0 saturated heterocycles. The molecule has 0 aliphatic carbocycles. The van der Waals surface area contributed by atoms with E-state index < -0.39 is 15.9 Å². The lowest BCUT2D eigenvalue weighted by atomic mass is 10.2. The minimum Gasteiger partial charge on any atom is -0.326 e. The maximum atomic E-state index is 11.1. The van der Waals surface area contributed by atoms with E-state index in [1.165, 1.54) is 6.07 Å². The first kappa shape index (κ1) is 16.6. The van der Waals surface area contributed by atoms with Crippen LogP contribution in [-0.2, 0) is 20.7 Å². The Bertz CT molecular complexity index is 483. The fourth-order valence-electron chi connectivity index (χ4n) is 1.20. The summed E-state index contributed by atoms with van der Waals surface area (Å²) in [5.41, 5.74) is 0.949. The van der Waals surface area contributed by atoms with Gasteiger partial charge in [-0.05, 0) is 17.7 Å². The highest BCUT2D eigenvalue weighted by atomic mass is 32.2. The van der Waals surface area contributed by atoms with Gasteiger partial charge < -0.3 is 5.32 Å². The predicted octanol–water partition coefficient (Wildman–Crippen LogP) is 2.45. The van der Waals surface area contributed by atoms with Crippen molar-refractivity contribution in [3.05, 3.63) is 29.8 Å². The Morgan fingerprint density at radius 3 is 2.44 bits per heavy atom. The number of carbonyl (C=O) groups excluding carboxylic acids is 1. The molecule has 0 spiro atoms. The van der Waals surface area contributed by atoms with Crippen LogP contribution in [-0.4, -0.2) is 18.9 Å². The van der Waals surface area contributed by atoms with E-state index in [4.69, 9.17) is 4.55 Å². The van der Waals surface area contributed by atoms with Gasteiger partial charge in [-0.1, -0.05) is 32.9 Å². The lowest BCUT2D eigenvalue weighted by molar-refractivity contribution is -0.115. The van der Waals surface area contributed by atoms with Crippen molar-refractivity contribution in [3.8, 4) is 0 Å². The predicted molar refractivity (Wildman–Crippen MR) is 72.0 cm³/mol. The Hall–Kier alpha value is -1.40. The van der Waals surface area contributed by atoms with Gasteiger partial charge in [-0.25, -0.2) is 0 Å². The summed E-state index contributed by atoms with van der Waals surface area (Å²) in [4.78, 5) is 11.1. The number of rotatable bonds is 4. The number of hydrogen-bond acceptors (Lipinski definition) is 3. The van der Waals surface area contributed by atoms with Crippen molar-refractivity contribution < 1.29 is 17.8 Å². The molecule has 0 heterocycles. The molecule has 1 amide bonds. The Kier molecular flexibility index (Phi) is 7.23. The van der Waals surface area contributed by atoms with Crippen LogP contribution in [0.2, 0.25) is 0 Å². The Morgan fingerprint density at radius 1 is 1.33 bits per heavy atom. The molecule has 5 nitrogen and oxygen atoms in total. The van der Waals surface area contributed by atoms with E-state index in [0.29, 0.717) is 17.7 Å². The Balaban J connectivity index is 0.00000137. The van der Waals surface area contributed by atoms with Crippen LogP contribution in [0.1, 0.15) is 32.8 Å². The largest absolute Gasteiger partial charge is 0.326 e. The minimum atomic E-state index is -4.04. The summed E-state index contributed by atoms with van der Waals surface area (Å²) in [6, 6.07) is 6.35. The summed E-state index contributed by atoms with van der Waals surface area (Å²) in [5, 5.41) is 2.60. The fourth-order valence-corrected chi connectivity index (χ4v) is 1.80. The molecule has 18 heavy (non-hydrogen) atoms.